The number of hydrogen-bond donors (Lipinski definition) is 2. The predicted molar refractivity (Wildman–Crippen MR) is 77.2 cm³/mol. The SMILES string of the molecule is CCc1cccc(OCC(=O)NCCCCCN)c1. The Bertz CT molecular complexity index is 380. The van der Waals surface area contributed by atoms with Crippen molar-refractivity contribution in [3.8, 4) is 5.75 Å². The summed E-state index contributed by atoms with van der Waals surface area (Å²) in [6.45, 7) is 3.57. The van der Waals surface area contributed by atoms with Gasteiger partial charge in [0.15, 0.2) is 6.61 Å². The summed E-state index contributed by atoms with van der Waals surface area (Å²) in [4.78, 5) is 11.5. The van der Waals surface area contributed by atoms with Crippen LogP contribution < -0.4 is 15.8 Å². The lowest BCUT2D eigenvalue weighted by Crippen LogP contribution is -2.29. The van der Waals surface area contributed by atoms with Gasteiger partial charge in [-0.25, -0.2) is 0 Å². The van der Waals surface area contributed by atoms with Gasteiger partial charge in [0.25, 0.3) is 5.91 Å². The van der Waals surface area contributed by atoms with Gasteiger partial charge in [-0.1, -0.05) is 25.5 Å². The van der Waals surface area contributed by atoms with Crippen molar-refractivity contribution in [3.63, 3.8) is 0 Å². The summed E-state index contributed by atoms with van der Waals surface area (Å²) in [5.74, 6) is 0.673. The number of nitrogens with one attached hydrogen (secondary N) is 1. The molecule has 1 aromatic carbocycles. The minimum atomic E-state index is -0.0744. The highest BCUT2D eigenvalue weighted by atomic mass is 16.5. The fraction of sp³-hybridized carbons (Fsp3) is 0.533. The lowest BCUT2D eigenvalue weighted by Gasteiger charge is -2.08. The van der Waals surface area contributed by atoms with Crippen molar-refractivity contribution in [1.29, 1.82) is 0 Å². The molecular formula is C15H24N2O2. The zero-order chi connectivity index (χ0) is 13.9. The fourth-order valence-electron chi connectivity index (χ4n) is 1.73. The first-order valence-corrected chi connectivity index (χ1v) is 6.94. The number of ether oxygens (including phenoxy) is 1. The van der Waals surface area contributed by atoms with Crippen molar-refractivity contribution in [2.24, 2.45) is 5.73 Å². The first-order valence-electron chi connectivity index (χ1n) is 6.94. The van der Waals surface area contributed by atoms with Crippen LogP contribution in [0, 0.1) is 0 Å². The smallest absolute Gasteiger partial charge is 0.257 e. The number of benzene rings is 1. The molecule has 0 bridgehead atoms. The third-order valence-electron chi connectivity index (χ3n) is 2.88. The average Bonchev–Trinajstić information content (AvgIpc) is 2.45. The quantitative estimate of drug-likeness (QED) is 0.669. The van der Waals surface area contributed by atoms with E-state index in [0.717, 1.165) is 31.4 Å². The number of rotatable bonds is 9. The van der Waals surface area contributed by atoms with Crippen LogP contribution in [0.5, 0.6) is 5.75 Å². The van der Waals surface area contributed by atoms with Crippen LogP contribution >= 0.6 is 0 Å². The maximum Gasteiger partial charge on any atom is 0.257 e. The van der Waals surface area contributed by atoms with Crippen molar-refractivity contribution in [1.82, 2.24) is 5.32 Å². The van der Waals surface area contributed by atoms with Crippen molar-refractivity contribution >= 4 is 5.91 Å². The fourth-order valence-corrected chi connectivity index (χ4v) is 1.73. The lowest BCUT2D eigenvalue weighted by atomic mass is 10.2. The van der Waals surface area contributed by atoms with Crippen LogP contribution in [0.2, 0.25) is 0 Å². The predicted octanol–water partition coefficient (Wildman–Crippen LogP) is 1.87. The number of aryl methyl sites for hydroxylation is 1. The molecule has 0 radical (unpaired) electrons. The molecule has 0 aliphatic rings. The second-order valence-electron chi connectivity index (χ2n) is 4.49. The number of carbonyl (C=O) groups is 1. The Morgan fingerprint density at radius 2 is 2.16 bits per heavy atom. The van der Waals surface area contributed by atoms with E-state index < -0.39 is 0 Å². The molecule has 1 amide bonds. The molecule has 4 heteroatoms. The Kier molecular flexibility index (Phi) is 7.66. The van der Waals surface area contributed by atoms with Gasteiger partial charge in [0.1, 0.15) is 5.75 Å². The van der Waals surface area contributed by atoms with E-state index in [9.17, 15) is 4.79 Å². The number of amides is 1. The van der Waals surface area contributed by atoms with Crippen molar-refractivity contribution < 1.29 is 9.53 Å². The molecule has 0 aromatic heterocycles. The molecule has 0 saturated carbocycles. The second kappa shape index (κ2) is 9.39. The molecular weight excluding hydrogens is 240 g/mol. The van der Waals surface area contributed by atoms with Gasteiger partial charge in [-0.15, -0.1) is 0 Å². The van der Waals surface area contributed by atoms with Gasteiger partial charge in [-0.3, -0.25) is 4.79 Å². The molecule has 0 spiro atoms. The van der Waals surface area contributed by atoms with Crippen LogP contribution in [-0.4, -0.2) is 25.6 Å². The molecule has 106 valence electrons. The largest absolute Gasteiger partial charge is 0.484 e. The van der Waals surface area contributed by atoms with E-state index in [1.807, 2.05) is 24.3 Å². The summed E-state index contributed by atoms with van der Waals surface area (Å²) in [6.07, 6.45) is 3.99. The minimum Gasteiger partial charge on any atom is -0.484 e. The topological polar surface area (TPSA) is 64.3 Å². The molecule has 3 N–H and O–H groups in total. The number of hydrogen-bond acceptors (Lipinski definition) is 3. The molecule has 0 fully saturated rings. The maximum atomic E-state index is 11.5. The van der Waals surface area contributed by atoms with E-state index in [-0.39, 0.29) is 12.5 Å². The van der Waals surface area contributed by atoms with Crippen LogP contribution in [0.25, 0.3) is 0 Å². The number of nitrogens with two attached hydrogens (primary N) is 1. The van der Waals surface area contributed by atoms with E-state index in [1.54, 1.807) is 0 Å². The van der Waals surface area contributed by atoms with E-state index in [4.69, 9.17) is 10.5 Å². The van der Waals surface area contributed by atoms with Crippen molar-refractivity contribution in [2.45, 2.75) is 32.6 Å². The van der Waals surface area contributed by atoms with E-state index in [2.05, 4.69) is 12.2 Å². The number of unbranched alkanes of at least 4 members (excludes halogenated alkanes) is 2. The minimum absolute atomic E-state index is 0.0735. The van der Waals surface area contributed by atoms with E-state index in [0.29, 0.717) is 13.1 Å². The molecule has 4 nitrogen and oxygen atoms in total. The Labute approximate surface area is 115 Å². The van der Waals surface area contributed by atoms with Crippen molar-refractivity contribution in [2.75, 3.05) is 19.7 Å². The highest BCUT2D eigenvalue weighted by molar-refractivity contribution is 5.77. The average molecular weight is 264 g/mol. The molecule has 0 unspecified atom stereocenters. The molecule has 1 rings (SSSR count). The molecule has 1 aromatic rings. The maximum absolute atomic E-state index is 11.5. The summed E-state index contributed by atoms with van der Waals surface area (Å²) in [5.41, 5.74) is 6.61. The second-order valence-corrected chi connectivity index (χ2v) is 4.49. The van der Waals surface area contributed by atoms with Gasteiger partial charge in [-0.05, 0) is 43.5 Å². The van der Waals surface area contributed by atoms with Gasteiger partial charge < -0.3 is 15.8 Å². The van der Waals surface area contributed by atoms with E-state index in [1.165, 1.54) is 5.56 Å². The van der Waals surface area contributed by atoms with Crippen LogP contribution in [0.15, 0.2) is 24.3 Å². The molecule has 0 atom stereocenters. The van der Waals surface area contributed by atoms with Gasteiger partial charge in [0, 0.05) is 6.54 Å². The highest BCUT2D eigenvalue weighted by Gasteiger charge is 2.02. The third kappa shape index (κ3) is 6.82. The Hall–Kier alpha value is -1.55. The summed E-state index contributed by atoms with van der Waals surface area (Å²) in [5, 5.41) is 2.84. The normalized spacial score (nSPS) is 10.2. The number of carbonyl (C=O) groups excluding carboxylic acids is 1. The molecule has 19 heavy (non-hydrogen) atoms. The Balaban J connectivity index is 2.18. The molecule has 0 aliphatic heterocycles. The lowest BCUT2D eigenvalue weighted by molar-refractivity contribution is -0.123. The van der Waals surface area contributed by atoms with Gasteiger partial charge >= 0.3 is 0 Å². The summed E-state index contributed by atoms with van der Waals surface area (Å²) in [6, 6.07) is 7.82. The summed E-state index contributed by atoms with van der Waals surface area (Å²) >= 11 is 0. The summed E-state index contributed by atoms with van der Waals surface area (Å²) in [7, 11) is 0. The van der Waals surface area contributed by atoms with Crippen LogP contribution in [0.1, 0.15) is 31.7 Å². The first-order chi connectivity index (χ1) is 9.26. The standard InChI is InChI=1S/C15H24N2O2/c1-2-13-7-6-8-14(11-13)19-12-15(18)17-10-5-3-4-9-16/h6-8,11H,2-5,9-10,12,16H2,1H3,(H,17,18). The zero-order valence-electron chi connectivity index (χ0n) is 11.7. The Morgan fingerprint density at radius 3 is 2.89 bits per heavy atom. The van der Waals surface area contributed by atoms with Crippen LogP contribution in [0.4, 0.5) is 0 Å². The zero-order valence-corrected chi connectivity index (χ0v) is 11.7. The third-order valence-corrected chi connectivity index (χ3v) is 2.88. The van der Waals surface area contributed by atoms with Crippen molar-refractivity contribution in [3.05, 3.63) is 29.8 Å². The van der Waals surface area contributed by atoms with Gasteiger partial charge in [0.05, 0.1) is 0 Å². The molecule has 0 aliphatic carbocycles. The monoisotopic (exact) mass is 264 g/mol. The van der Waals surface area contributed by atoms with Crippen LogP contribution in [-0.2, 0) is 11.2 Å². The van der Waals surface area contributed by atoms with E-state index >= 15 is 0 Å². The van der Waals surface area contributed by atoms with Gasteiger partial charge in [-0.2, -0.15) is 0 Å². The molecule has 0 heterocycles. The highest BCUT2D eigenvalue weighted by Crippen LogP contribution is 2.13. The Morgan fingerprint density at radius 1 is 1.32 bits per heavy atom. The molecule has 0 saturated heterocycles. The first kappa shape index (κ1) is 15.5. The van der Waals surface area contributed by atoms with Gasteiger partial charge in [0.2, 0.25) is 0 Å². The summed E-state index contributed by atoms with van der Waals surface area (Å²) < 4.78 is 5.46. The van der Waals surface area contributed by atoms with Crippen LogP contribution in [0.3, 0.4) is 0 Å².